The van der Waals surface area contributed by atoms with Gasteiger partial charge in [-0.15, -0.1) is 0 Å². The van der Waals surface area contributed by atoms with Crippen molar-refractivity contribution >= 4 is 5.91 Å². The average Bonchev–Trinajstić information content (AvgIpc) is 2.49. The summed E-state index contributed by atoms with van der Waals surface area (Å²) in [7, 11) is 1.72. The predicted octanol–water partition coefficient (Wildman–Crippen LogP) is -0.438. The van der Waals surface area contributed by atoms with E-state index in [0.717, 1.165) is 32.5 Å². The predicted molar refractivity (Wildman–Crippen MR) is 63.2 cm³/mol. The number of carbonyl (C=O) groups excluding carboxylic acids is 1. The van der Waals surface area contributed by atoms with Crippen LogP contribution in [0.3, 0.4) is 0 Å². The molecule has 1 amide bonds. The van der Waals surface area contributed by atoms with E-state index >= 15 is 0 Å². The lowest BCUT2D eigenvalue weighted by molar-refractivity contribution is -0.120. The van der Waals surface area contributed by atoms with E-state index in [1.807, 2.05) is 0 Å². The summed E-state index contributed by atoms with van der Waals surface area (Å²) in [6, 6.07) is 0.390. The molecule has 16 heavy (non-hydrogen) atoms. The molecule has 0 aromatic heterocycles. The van der Waals surface area contributed by atoms with Crippen LogP contribution >= 0.6 is 0 Å². The molecule has 94 valence electrons. The van der Waals surface area contributed by atoms with Gasteiger partial charge in [0.15, 0.2) is 0 Å². The van der Waals surface area contributed by atoms with E-state index in [1.165, 1.54) is 0 Å². The molecule has 0 aliphatic carbocycles. The van der Waals surface area contributed by atoms with E-state index in [-0.39, 0.29) is 5.91 Å². The zero-order valence-electron chi connectivity index (χ0n) is 10.1. The highest BCUT2D eigenvalue weighted by molar-refractivity contribution is 5.76. The Hall–Kier alpha value is -0.650. The highest BCUT2D eigenvalue weighted by atomic mass is 16.5. The molecule has 1 fully saturated rings. The van der Waals surface area contributed by atoms with Crippen molar-refractivity contribution in [1.29, 1.82) is 0 Å². The fourth-order valence-corrected chi connectivity index (χ4v) is 2.07. The second-order valence-electron chi connectivity index (χ2n) is 4.18. The van der Waals surface area contributed by atoms with Crippen LogP contribution in [0.5, 0.6) is 0 Å². The number of nitrogens with one attached hydrogen (secondary N) is 1. The van der Waals surface area contributed by atoms with Crippen LogP contribution in [0.2, 0.25) is 0 Å². The van der Waals surface area contributed by atoms with E-state index < -0.39 is 0 Å². The van der Waals surface area contributed by atoms with E-state index in [2.05, 4.69) is 10.2 Å². The number of hydrogen-bond donors (Lipinski definition) is 2. The molecule has 1 heterocycles. The van der Waals surface area contributed by atoms with Gasteiger partial charge in [-0.25, -0.2) is 0 Å². The van der Waals surface area contributed by atoms with Crippen molar-refractivity contribution in [3.05, 3.63) is 0 Å². The van der Waals surface area contributed by atoms with Gasteiger partial charge in [0.1, 0.15) is 0 Å². The number of methoxy groups -OCH3 is 1. The lowest BCUT2D eigenvalue weighted by Crippen LogP contribution is -2.41. The van der Waals surface area contributed by atoms with E-state index in [4.69, 9.17) is 10.5 Å². The first-order valence-corrected chi connectivity index (χ1v) is 5.97. The maximum Gasteiger partial charge on any atom is 0.221 e. The van der Waals surface area contributed by atoms with Crippen molar-refractivity contribution in [2.24, 2.45) is 5.73 Å². The number of carbonyl (C=O) groups is 1. The summed E-state index contributed by atoms with van der Waals surface area (Å²) < 4.78 is 5.23. The molecule has 1 rings (SSSR count). The van der Waals surface area contributed by atoms with Gasteiger partial charge >= 0.3 is 0 Å². The minimum absolute atomic E-state index is 0.150. The van der Waals surface area contributed by atoms with E-state index in [1.54, 1.807) is 7.11 Å². The lowest BCUT2D eigenvalue weighted by Gasteiger charge is -2.29. The Kier molecular flexibility index (Phi) is 6.37. The Balaban J connectivity index is 2.44. The van der Waals surface area contributed by atoms with Gasteiger partial charge in [0.25, 0.3) is 0 Å². The van der Waals surface area contributed by atoms with Crippen LogP contribution in [0.15, 0.2) is 0 Å². The van der Waals surface area contributed by atoms with Gasteiger partial charge in [-0.3, -0.25) is 9.69 Å². The molecule has 0 aromatic rings. The monoisotopic (exact) mass is 229 g/mol. The molecular weight excluding hydrogens is 206 g/mol. The first-order chi connectivity index (χ1) is 7.77. The normalized spacial score (nSPS) is 20.2. The maximum atomic E-state index is 11.2. The largest absolute Gasteiger partial charge is 0.383 e. The summed E-state index contributed by atoms with van der Waals surface area (Å²) in [5, 5.41) is 2.88. The van der Waals surface area contributed by atoms with Gasteiger partial charge in [0, 0.05) is 39.2 Å². The Morgan fingerprint density at radius 1 is 1.56 bits per heavy atom. The van der Waals surface area contributed by atoms with Gasteiger partial charge in [-0.1, -0.05) is 0 Å². The van der Waals surface area contributed by atoms with Crippen molar-refractivity contribution in [2.75, 3.05) is 39.9 Å². The van der Waals surface area contributed by atoms with Crippen LogP contribution in [0.25, 0.3) is 0 Å². The zero-order chi connectivity index (χ0) is 11.8. The summed E-state index contributed by atoms with van der Waals surface area (Å²) >= 11 is 0. The van der Waals surface area contributed by atoms with Gasteiger partial charge in [0.05, 0.1) is 6.61 Å². The van der Waals surface area contributed by atoms with Crippen LogP contribution in [-0.4, -0.2) is 56.7 Å². The molecule has 1 aliphatic heterocycles. The summed E-state index contributed by atoms with van der Waals surface area (Å²) in [5.74, 6) is 0.150. The Labute approximate surface area is 97.3 Å². The van der Waals surface area contributed by atoms with Gasteiger partial charge in [-0.05, 0) is 19.4 Å². The van der Waals surface area contributed by atoms with Gasteiger partial charge in [-0.2, -0.15) is 0 Å². The minimum Gasteiger partial charge on any atom is -0.383 e. The Morgan fingerprint density at radius 2 is 2.38 bits per heavy atom. The van der Waals surface area contributed by atoms with Gasteiger partial charge in [0.2, 0.25) is 5.91 Å². The molecule has 1 aliphatic rings. The molecular formula is C11H23N3O2. The third-order valence-corrected chi connectivity index (χ3v) is 2.96. The summed E-state index contributed by atoms with van der Waals surface area (Å²) in [4.78, 5) is 13.6. The standard InChI is InChI=1S/C11H23N3O2/c1-16-9-10(3-2-5-12)14-7-4-11(15)13-6-8-14/h10H,2-9,12H2,1H3,(H,13,15). The van der Waals surface area contributed by atoms with Gasteiger partial charge < -0.3 is 15.8 Å². The molecule has 0 bridgehead atoms. The molecule has 3 N–H and O–H groups in total. The van der Waals surface area contributed by atoms with Crippen molar-refractivity contribution in [2.45, 2.75) is 25.3 Å². The van der Waals surface area contributed by atoms with Crippen molar-refractivity contribution < 1.29 is 9.53 Å². The Bertz CT molecular complexity index is 211. The molecule has 1 saturated heterocycles. The average molecular weight is 229 g/mol. The smallest absolute Gasteiger partial charge is 0.221 e. The summed E-state index contributed by atoms with van der Waals surface area (Å²) in [6.07, 6.45) is 2.63. The van der Waals surface area contributed by atoms with Crippen molar-refractivity contribution in [3.8, 4) is 0 Å². The third-order valence-electron chi connectivity index (χ3n) is 2.96. The number of hydrogen-bond acceptors (Lipinski definition) is 4. The van der Waals surface area contributed by atoms with Crippen LogP contribution in [0, 0.1) is 0 Å². The van der Waals surface area contributed by atoms with E-state index in [9.17, 15) is 4.79 Å². The van der Waals surface area contributed by atoms with Crippen LogP contribution in [0.4, 0.5) is 0 Å². The lowest BCUT2D eigenvalue weighted by atomic mass is 10.1. The summed E-state index contributed by atoms with van der Waals surface area (Å²) in [6.45, 7) is 3.90. The number of amides is 1. The third kappa shape index (κ3) is 4.47. The Morgan fingerprint density at radius 3 is 3.06 bits per heavy atom. The highest BCUT2D eigenvalue weighted by Crippen LogP contribution is 2.09. The molecule has 1 atom stereocenters. The first kappa shape index (κ1) is 13.4. The molecule has 0 aromatic carbocycles. The second-order valence-corrected chi connectivity index (χ2v) is 4.18. The number of ether oxygens (including phenoxy) is 1. The summed E-state index contributed by atoms with van der Waals surface area (Å²) in [5.41, 5.74) is 5.53. The molecule has 0 spiro atoms. The fraction of sp³-hybridized carbons (Fsp3) is 0.909. The molecule has 0 saturated carbocycles. The fourth-order valence-electron chi connectivity index (χ4n) is 2.07. The number of nitrogens with two attached hydrogens (primary N) is 1. The quantitative estimate of drug-likeness (QED) is 0.648. The first-order valence-electron chi connectivity index (χ1n) is 5.97. The van der Waals surface area contributed by atoms with E-state index in [0.29, 0.717) is 25.6 Å². The van der Waals surface area contributed by atoms with Crippen molar-refractivity contribution in [3.63, 3.8) is 0 Å². The molecule has 5 nitrogen and oxygen atoms in total. The molecule has 0 radical (unpaired) electrons. The molecule has 1 unspecified atom stereocenters. The molecule has 5 heteroatoms. The van der Waals surface area contributed by atoms with Crippen LogP contribution < -0.4 is 11.1 Å². The maximum absolute atomic E-state index is 11.2. The van der Waals surface area contributed by atoms with Crippen LogP contribution in [-0.2, 0) is 9.53 Å². The SMILES string of the molecule is COCC(CCCN)N1CCNC(=O)CC1. The second kappa shape index (κ2) is 7.60. The highest BCUT2D eigenvalue weighted by Gasteiger charge is 2.21. The zero-order valence-corrected chi connectivity index (χ0v) is 10.1. The minimum atomic E-state index is 0.150. The topological polar surface area (TPSA) is 67.6 Å². The van der Waals surface area contributed by atoms with Crippen molar-refractivity contribution in [1.82, 2.24) is 10.2 Å². The van der Waals surface area contributed by atoms with Crippen LogP contribution in [0.1, 0.15) is 19.3 Å². The number of nitrogens with zero attached hydrogens (tertiary/aromatic N) is 1. The number of rotatable bonds is 6.